The van der Waals surface area contributed by atoms with Crippen LogP contribution in [0.2, 0.25) is 0 Å². The van der Waals surface area contributed by atoms with E-state index >= 15 is 0 Å². The molecule has 0 aromatic carbocycles. The summed E-state index contributed by atoms with van der Waals surface area (Å²) in [6.07, 6.45) is 2.73. The van der Waals surface area contributed by atoms with Gasteiger partial charge >= 0.3 is 0 Å². The van der Waals surface area contributed by atoms with Crippen LogP contribution in [0.15, 0.2) is 24.0 Å². The lowest BCUT2D eigenvalue weighted by Crippen LogP contribution is -2.02. The van der Waals surface area contributed by atoms with Crippen molar-refractivity contribution in [2.45, 2.75) is 6.54 Å². The summed E-state index contributed by atoms with van der Waals surface area (Å²) in [6.45, 7) is 3.56. The van der Waals surface area contributed by atoms with Gasteiger partial charge in [0, 0.05) is 13.6 Å². The molecule has 0 amide bonds. The molecule has 1 aromatic rings. The number of aromatic nitrogens is 2. The Morgan fingerprint density at radius 2 is 2.50 bits per heavy atom. The van der Waals surface area contributed by atoms with E-state index in [1.807, 2.05) is 0 Å². The first-order chi connectivity index (χ1) is 6.61. The second-order valence-electron chi connectivity index (χ2n) is 2.72. The Kier molecular flexibility index (Phi) is 3.43. The lowest BCUT2D eigenvalue weighted by atomic mass is 10.2. The molecule has 0 saturated carbocycles. The zero-order chi connectivity index (χ0) is 10.7. The molecule has 0 bridgehead atoms. The average Bonchev–Trinajstić information content (AvgIpc) is 2.57. The van der Waals surface area contributed by atoms with Crippen molar-refractivity contribution in [3.8, 4) is 0 Å². The van der Waals surface area contributed by atoms with Gasteiger partial charge in [-0.2, -0.15) is 0 Å². The summed E-state index contributed by atoms with van der Waals surface area (Å²) in [5.74, 6) is -0.554. The summed E-state index contributed by atoms with van der Waals surface area (Å²) in [7, 11) is 1.67. The number of rotatable bonds is 3. The third-order valence-electron chi connectivity index (χ3n) is 1.80. The minimum absolute atomic E-state index is 0.0386. The maximum atomic E-state index is 13.6. The lowest BCUT2D eigenvalue weighted by molar-refractivity contribution is 0.727. The van der Waals surface area contributed by atoms with Gasteiger partial charge in [-0.3, -0.25) is 0 Å². The van der Waals surface area contributed by atoms with Gasteiger partial charge in [0.2, 0.25) is 0 Å². The standard InChI is InChI=1S/C9H11ClFN3/c1-3-6(10)8(11)9-7(4-12)13-5-14(9)2/h3,5H,1,4,12H2,2H3/b8-6-. The highest BCUT2D eigenvalue weighted by Gasteiger charge is 2.14. The van der Waals surface area contributed by atoms with Gasteiger partial charge in [-0.1, -0.05) is 18.2 Å². The number of aryl methyl sites for hydroxylation is 1. The Morgan fingerprint density at radius 3 is 3.00 bits per heavy atom. The topological polar surface area (TPSA) is 43.8 Å². The zero-order valence-corrected chi connectivity index (χ0v) is 8.55. The fourth-order valence-corrected chi connectivity index (χ4v) is 1.20. The van der Waals surface area contributed by atoms with Crippen LogP contribution in [0.1, 0.15) is 11.4 Å². The summed E-state index contributed by atoms with van der Waals surface area (Å²) in [6, 6.07) is 0. The lowest BCUT2D eigenvalue weighted by Gasteiger charge is -2.02. The minimum Gasteiger partial charge on any atom is -0.332 e. The average molecular weight is 216 g/mol. The molecular formula is C9H11ClFN3. The number of nitrogens with zero attached hydrogens (tertiary/aromatic N) is 2. The molecule has 0 unspecified atom stereocenters. The quantitative estimate of drug-likeness (QED) is 0.784. The van der Waals surface area contributed by atoms with Gasteiger partial charge in [-0.15, -0.1) is 0 Å². The molecule has 0 aliphatic rings. The molecule has 0 atom stereocenters. The van der Waals surface area contributed by atoms with Crippen molar-refractivity contribution in [3.05, 3.63) is 35.4 Å². The first-order valence-corrected chi connectivity index (χ1v) is 4.38. The van der Waals surface area contributed by atoms with Crippen LogP contribution in [0.5, 0.6) is 0 Å². The predicted molar refractivity (Wildman–Crippen MR) is 55.2 cm³/mol. The normalized spacial score (nSPS) is 12.6. The molecule has 14 heavy (non-hydrogen) atoms. The first-order valence-electron chi connectivity index (χ1n) is 4.00. The van der Waals surface area contributed by atoms with Crippen LogP contribution in [0, 0.1) is 0 Å². The maximum Gasteiger partial charge on any atom is 0.167 e. The Balaban J connectivity index is 3.30. The Hall–Kier alpha value is -1.13. The van der Waals surface area contributed by atoms with Crippen LogP contribution < -0.4 is 5.73 Å². The van der Waals surface area contributed by atoms with E-state index in [9.17, 15) is 4.39 Å². The Bertz CT molecular complexity index is 381. The van der Waals surface area contributed by atoms with E-state index in [2.05, 4.69) is 11.6 Å². The van der Waals surface area contributed by atoms with E-state index in [0.29, 0.717) is 11.4 Å². The van der Waals surface area contributed by atoms with Gasteiger partial charge < -0.3 is 10.3 Å². The van der Waals surface area contributed by atoms with Crippen molar-refractivity contribution in [2.24, 2.45) is 12.8 Å². The SMILES string of the molecule is C=C/C(Cl)=C(/F)c1c(CN)ncn1C. The van der Waals surface area contributed by atoms with Crippen LogP contribution in [-0.2, 0) is 13.6 Å². The monoisotopic (exact) mass is 215 g/mol. The van der Waals surface area contributed by atoms with E-state index in [-0.39, 0.29) is 11.6 Å². The smallest absolute Gasteiger partial charge is 0.167 e. The summed E-state index contributed by atoms with van der Waals surface area (Å²) < 4.78 is 15.2. The number of hydrogen-bond donors (Lipinski definition) is 1. The molecule has 1 rings (SSSR count). The van der Waals surface area contributed by atoms with Crippen LogP contribution >= 0.6 is 11.6 Å². The zero-order valence-electron chi connectivity index (χ0n) is 7.80. The molecule has 5 heteroatoms. The first kappa shape index (κ1) is 10.9. The maximum absolute atomic E-state index is 13.6. The highest BCUT2D eigenvalue weighted by Crippen LogP contribution is 2.25. The van der Waals surface area contributed by atoms with Gasteiger partial charge in [0.1, 0.15) is 5.69 Å². The largest absolute Gasteiger partial charge is 0.332 e. The second kappa shape index (κ2) is 4.39. The molecule has 0 spiro atoms. The summed E-state index contributed by atoms with van der Waals surface area (Å²) in [5.41, 5.74) is 6.19. The van der Waals surface area contributed by atoms with Gasteiger partial charge in [0.05, 0.1) is 17.1 Å². The molecule has 0 aliphatic carbocycles. The van der Waals surface area contributed by atoms with Crippen LogP contribution in [0.4, 0.5) is 4.39 Å². The molecule has 1 heterocycles. The fraction of sp³-hybridized carbons (Fsp3) is 0.222. The van der Waals surface area contributed by atoms with Crippen molar-refractivity contribution in [3.63, 3.8) is 0 Å². The van der Waals surface area contributed by atoms with Gasteiger partial charge in [-0.25, -0.2) is 9.37 Å². The van der Waals surface area contributed by atoms with Crippen molar-refractivity contribution in [1.82, 2.24) is 9.55 Å². The Morgan fingerprint density at radius 1 is 1.86 bits per heavy atom. The number of hydrogen-bond acceptors (Lipinski definition) is 2. The molecule has 0 saturated heterocycles. The molecule has 0 radical (unpaired) electrons. The number of nitrogens with two attached hydrogens (primary N) is 1. The molecule has 2 N–H and O–H groups in total. The van der Waals surface area contributed by atoms with Crippen LogP contribution in [-0.4, -0.2) is 9.55 Å². The van der Waals surface area contributed by atoms with E-state index in [0.717, 1.165) is 0 Å². The predicted octanol–water partition coefficient (Wildman–Crippen LogP) is 1.94. The number of halogens is 2. The molecule has 1 aromatic heterocycles. The molecule has 0 fully saturated rings. The molecular weight excluding hydrogens is 205 g/mol. The molecule has 76 valence electrons. The second-order valence-corrected chi connectivity index (χ2v) is 3.13. The number of allylic oxidation sites excluding steroid dienone is 2. The fourth-order valence-electron chi connectivity index (χ4n) is 1.11. The van der Waals surface area contributed by atoms with Gasteiger partial charge in [-0.05, 0) is 6.08 Å². The van der Waals surface area contributed by atoms with Crippen LogP contribution in [0.25, 0.3) is 5.83 Å². The minimum atomic E-state index is -0.554. The summed E-state index contributed by atoms with van der Waals surface area (Å²) in [4.78, 5) is 3.94. The van der Waals surface area contributed by atoms with Gasteiger partial charge in [0.15, 0.2) is 5.83 Å². The van der Waals surface area contributed by atoms with Crippen molar-refractivity contribution >= 4 is 17.4 Å². The van der Waals surface area contributed by atoms with Crippen molar-refractivity contribution in [1.29, 1.82) is 0 Å². The highest BCUT2D eigenvalue weighted by atomic mass is 35.5. The molecule has 3 nitrogen and oxygen atoms in total. The van der Waals surface area contributed by atoms with E-state index in [4.69, 9.17) is 17.3 Å². The van der Waals surface area contributed by atoms with E-state index in [1.165, 1.54) is 17.0 Å². The summed E-state index contributed by atoms with van der Waals surface area (Å²) in [5, 5.41) is -0.0386. The third-order valence-corrected chi connectivity index (χ3v) is 2.12. The number of imidazole rings is 1. The summed E-state index contributed by atoms with van der Waals surface area (Å²) >= 11 is 5.61. The van der Waals surface area contributed by atoms with E-state index < -0.39 is 5.83 Å². The van der Waals surface area contributed by atoms with Crippen molar-refractivity contribution in [2.75, 3.05) is 0 Å². The van der Waals surface area contributed by atoms with E-state index in [1.54, 1.807) is 7.05 Å². The molecule has 0 aliphatic heterocycles. The van der Waals surface area contributed by atoms with Crippen LogP contribution in [0.3, 0.4) is 0 Å². The van der Waals surface area contributed by atoms with Crippen molar-refractivity contribution < 1.29 is 4.39 Å². The highest BCUT2D eigenvalue weighted by molar-refractivity contribution is 6.33. The third kappa shape index (κ3) is 1.86. The Labute approximate surface area is 86.7 Å². The van der Waals surface area contributed by atoms with Gasteiger partial charge in [0.25, 0.3) is 0 Å².